The van der Waals surface area contributed by atoms with Gasteiger partial charge in [-0.1, -0.05) is 11.6 Å². The van der Waals surface area contributed by atoms with Gasteiger partial charge in [-0.05, 0) is 6.07 Å². The van der Waals surface area contributed by atoms with Crippen LogP contribution in [0.3, 0.4) is 0 Å². The summed E-state index contributed by atoms with van der Waals surface area (Å²) in [5.74, 6) is -1.99. The van der Waals surface area contributed by atoms with Crippen molar-refractivity contribution in [2.24, 2.45) is 0 Å². The highest BCUT2D eigenvalue weighted by molar-refractivity contribution is 6.33. The number of aromatic hydroxyl groups is 3. The summed E-state index contributed by atoms with van der Waals surface area (Å²) in [5.41, 5.74) is -0.271. The van der Waals surface area contributed by atoms with Crippen LogP contribution in [0, 0.1) is 10.1 Å². The maximum atomic E-state index is 11.8. The van der Waals surface area contributed by atoms with Crippen molar-refractivity contribution in [3.05, 3.63) is 45.5 Å². The summed E-state index contributed by atoms with van der Waals surface area (Å²) in [6.45, 7) is 0. The van der Waals surface area contributed by atoms with Gasteiger partial charge in [0.05, 0.1) is 21.3 Å². The van der Waals surface area contributed by atoms with Crippen molar-refractivity contribution in [2.75, 3.05) is 10.6 Å². The Kier molecular flexibility index (Phi) is 4.42. The van der Waals surface area contributed by atoms with Crippen LogP contribution < -0.4 is 10.6 Å². The van der Waals surface area contributed by atoms with Crippen molar-refractivity contribution < 1.29 is 25.0 Å². The number of nitro benzene ring substituents is 1. The largest absolute Gasteiger partial charge is 0.504 e. The van der Waals surface area contributed by atoms with Gasteiger partial charge in [-0.2, -0.15) is 0 Å². The zero-order chi connectivity index (χ0) is 17.1. The Balaban J connectivity index is 2.17. The van der Waals surface area contributed by atoms with E-state index < -0.39 is 28.2 Å². The molecule has 0 saturated heterocycles. The molecule has 0 aliphatic rings. The highest BCUT2D eigenvalue weighted by atomic mass is 35.5. The van der Waals surface area contributed by atoms with Crippen molar-refractivity contribution in [1.29, 1.82) is 0 Å². The van der Waals surface area contributed by atoms with E-state index in [-0.39, 0.29) is 22.1 Å². The van der Waals surface area contributed by atoms with Gasteiger partial charge in [0.15, 0.2) is 17.2 Å². The van der Waals surface area contributed by atoms with E-state index >= 15 is 0 Å². The molecule has 0 atom stereocenters. The summed E-state index contributed by atoms with van der Waals surface area (Å²) in [6, 6.07) is 4.70. The van der Waals surface area contributed by atoms with Crippen LogP contribution in [0.4, 0.5) is 21.9 Å². The first-order chi connectivity index (χ1) is 10.8. The fourth-order valence-electron chi connectivity index (χ4n) is 1.68. The molecule has 0 fully saturated rings. The summed E-state index contributed by atoms with van der Waals surface area (Å²) in [4.78, 5) is 21.9. The van der Waals surface area contributed by atoms with Crippen LogP contribution >= 0.6 is 11.6 Å². The van der Waals surface area contributed by atoms with E-state index in [0.717, 1.165) is 18.2 Å². The number of nitrogens with one attached hydrogen (secondary N) is 2. The number of nitro groups is 1. The van der Waals surface area contributed by atoms with Crippen molar-refractivity contribution in [3.8, 4) is 17.2 Å². The van der Waals surface area contributed by atoms with Crippen LogP contribution in [0.5, 0.6) is 17.2 Å². The van der Waals surface area contributed by atoms with Gasteiger partial charge in [0.2, 0.25) is 0 Å². The highest BCUT2D eigenvalue weighted by Gasteiger charge is 2.14. The SMILES string of the molecule is O=C(Nc1cc(O)c(O)c(O)c1)Nc1cc([N+](=O)[O-])ccc1Cl. The monoisotopic (exact) mass is 339 g/mol. The first-order valence-corrected chi connectivity index (χ1v) is 6.42. The van der Waals surface area contributed by atoms with E-state index in [4.69, 9.17) is 11.6 Å². The number of urea groups is 1. The number of amides is 2. The molecule has 0 heterocycles. The molecule has 0 radical (unpaired) electrons. The van der Waals surface area contributed by atoms with E-state index in [0.29, 0.717) is 0 Å². The Hall–Kier alpha value is -3.20. The van der Waals surface area contributed by atoms with Crippen molar-refractivity contribution >= 4 is 34.7 Å². The third kappa shape index (κ3) is 3.71. The quantitative estimate of drug-likeness (QED) is 0.251. The average molecular weight is 340 g/mol. The molecule has 0 aromatic heterocycles. The van der Waals surface area contributed by atoms with E-state index in [2.05, 4.69) is 10.6 Å². The minimum atomic E-state index is -0.822. The van der Waals surface area contributed by atoms with E-state index in [9.17, 15) is 30.2 Å². The third-order valence-electron chi connectivity index (χ3n) is 2.74. The lowest BCUT2D eigenvalue weighted by atomic mass is 10.2. The Morgan fingerprint density at radius 1 is 1.09 bits per heavy atom. The predicted molar refractivity (Wildman–Crippen MR) is 82.2 cm³/mol. The number of non-ortho nitro benzene ring substituents is 1. The molecule has 23 heavy (non-hydrogen) atoms. The second-order valence-corrected chi connectivity index (χ2v) is 4.77. The molecule has 0 aliphatic heterocycles. The molecule has 2 aromatic rings. The molecule has 0 spiro atoms. The Bertz CT molecular complexity index is 772. The van der Waals surface area contributed by atoms with Crippen LogP contribution in [0.25, 0.3) is 0 Å². The molecule has 2 rings (SSSR count). The predicted octanol–water partition coefficient (Wildman–Crippen LogP) is 3.01. The van der Waals surface area contributed by atoms with Crippen LogP contribution in [0.15, 0.2) is 30.3 Å². The zero-order valence-electron chi connectivity index (χ0n) is 11.3. The normalized spacial score (nSPS) is 10.1. The van der Waals surface area contributed by atoms with Crippen LogP contribution in [-0.4, -0.2) is 26.3 Å². The van der Waals surface area contributed by atoms with Crippen molar-refractivity contribution in [3.63, 3.8) is 0 Å². The topological polar surface area (TPSA) is 145 Å². The first kappa shape index (κ1) is 16.2. The lowest BCUT2D eigenvalue weighted by molar-refractivity contribution is -0.384. The number of carbonyl (C=O) groups excluding carboxylic acids is 1. The molecule has 0 bridgehead atoms. The Morgan fingerprint density at radius 3 is 2.26 bits per heavy atom. The van der Waals surface area contributed by atoms with Gasteiger partial charge in [-0.25, -0.2) is 4.79 Å². The third-order valence-corrected chi connectivity index (χ3v) is 3.07. The fraction of sp³-hybridized carbons (Fsp3) is 0. The first-order valence-electron chi connectivity index (χ1n) is 6.05. The Morgan fingerprint density at radius 2 is 1.70 bits per heavy atom. The molecule has 2 amide bonds. The maximum Gasteiger partial charge on any atom is 0.323 e. The van der Waals surface area contributed by atoms with E-state index in [1.54, 1.807) is 0 Å². The molecule has 0 saturated carbocycles. The summed E-state index contributed by atoms with van der Waals surface area (Å²) >= 11 is 5.84. The molecule has 0 unspecified atom stereocenters. The van der Waals surface area contributed by atoms with Crippen LogP contribution in [0.1, 0.15) is 0 Å². The number of anilines is 2. The molecule has 120 valence electrons. The lowest BCUT2D eigenvalue weighted by Gasteiger charge is -2.10. The van der Waals surface area contributed by atoms with Gasteiger partial charge in [0.25, 0.3) is 5.69 Å². The minimum absolute atomic E-state index is 0.00517. The average Bonchev–Trinajstić information content (AvgIpc) is 2.46. The number of benzene rings is 2. The number of hydrogen-bond acceptors (Lipinski definition) is 6. The van der Waals surface area contributed by atoms with Crippen LogP contribution in [0.2, 0.25) is 5.02 Å². The van der Waals surface area contributed by atoms with Crippen molar-refractivity contribution in [2.45, 2.75) is 0 Å². The van der Waals surface area contributed by atoms with E-state index in [1.165, 1.54) is 12.1 Å². The highest BCUT2D eigenvalue weighted by Crippen LogP contribution is 2.37. The Labute approximate surface area is 133 Å². The van der Waals surface area contributed by atoms with Gasteiger partial charge < -0.3 is 26.0 Å². The van der Waals surface area contributed by atoms with Gasteiger partial charge >= 0.3 is 6.03 Å². The second-order valence-electron chi connectivity index (χ2n) is 4.36. The molecule has 10 heteroatoms. The molecule has 5 N–H and O–H groups in total. The fourth-order valence-corrected chi connectivity index (χ4v) is 1.85. The zero-order valence-corrected chi connectivity index (χ0v) is 12.0. The number of halogens is 1. The molecular weight excluding hydrogens is 330 g/mol. The number of carbonyl (C=O) groups is 1. The molecule has 9 nitrogen and oxygen atoms in total. The van der Waals surface area contributed by atoms with Gasteiger partial charge in [-0.3, -0.25) is 10.1 Å². The standard InChI is InChI=1S/C13H10ClN3O6/c14-8-2-1-7(17(22)23)5-9(8)16-13(21)15-6-3-10(18)12(20)11(19)4-6/h1-5,18-20H,(H2,15,16,21). The number of hydrogen-bond donors (Lipinski definition) is 5. The van der Waals surface area contributed by atoms with Crippen molar-refractivity contribution in [1.82, 2.24) is 0 Å². The van der Waals surface area contributed by atoms with E-state index in [1.807, 2.05) is 0 Å². The summed E-state index contributed by atoms with van der Waals surface area (Å²) < 4.78 is 0. The number of rotatable bonds is 3. The van der Waals surface area contributed by atoms with Gasteiger partial charge in [-0.15, -0.1) is 0 Å². The summed E-state index contributed by atoms with van der Waals surface area (Å²) in [5, 5.41) is 43.3. The minimum Gasteiger partial charge on any atom is -0.504 e. The van der Waals surface area contributed by atoms with Gasteiger partial charge in [0.1, 0.15) is 0 Å². The molecular formula is C13H10ClN3O6. The van der Waals surface area contributed by atoms with Crippen LogP contribution in [-0.2, 0) is 0 Å². The summed E-state index contributed by atoms with van der Waals surface area (Å²) in [6.07, 6.45) is 0. The lowest BCUT2D eigenvalue weighted by Crippen LogP contribution is -2.19. The summed E-state index contributed by atoms with van der Waals surface area (Å²) in [7, 11) is 0. The number of nitrogens with zero attached hydrogens (tertiary/aromatic N) is 1. The smallest absolute Gasteiger partial charge is 0.323 e. The van der Waals surface area contributed by atoms with Gasteiger partial charge in [0, 0.05) is 24.3 Å². The number of phenolic OH excluding ortho intramolecular Hbond substituents is 3. The second kappa shape index (κ2) is 6.28. The number of phenols is 3. The maximum absolute atomic E-state index is 11.8. The molecule has 0 aliphatic carbocycles. The molecule has 2 aromatic carbocycles.